The second kappa shape index (κ2) is 8.51. The number of benzene rings is 3. The highest BCUT2D eigenvalue weighted by atomic mass is 19.4. The molecule has 37 heavy (non-hydrogen) atoms. The van der Waals surface area contributed by atoms with Crippen LogP contribution in [0.25, 0.3) is 16.6 Å². The number of ether oxygens (including phenoxy) is 2. The molecule has 0 fully saturated rings. The predicted molar refractivity (Wildman–Crippen MR) is 119 cm³/mol. The van der Waals surface area contributed by atoms with Crippen LogP contribution in [0.5, 0.6) is 11.5 Å². The Labute approximate surface area is 204 Å². The molecule has 0 spiro atoms. The second-order valence-corrected chi connectivity index (χ2v) is 8.31. The molecular weight excluding hydrogens is 506 g/mol. The van der Waals surface area contributed by atoms with Gasteiger partial charge >= 0.3 is 12.4 Å². The lowest BCUT2D eigenvalue weighted by Gasteiger charge is -2.32. The molecule has 0 aliphatic carbocycles. The van der Waals surface area contributed by atoms with E-state index in [1.807, 2.05) is 0 Å². The largest absolute Gasteiger partial charge is 0.454 e. The summed E-state index contributed by atoms with van der Waals surface area (Å²) in [6.45, 7) is -0.0561. The smallest absolute Gasteiger partial charge is 0.430 e. The Balaban J connectivity index is 1.69. The zero-order valence-electron chi connectivity index (χ0n) is 18.6. The summed E-state index contributed by atoms with van der Waals surface area (Å²) in [7, 11) is 0. The summed E-state index contributed by atoms with van der Waals surface area (Å²) in [6, 6.07) is 14.6. The molecule has 1 aromatic heterocycles. The number of aliphatic hydroxyl groups is 1. The Morgan fingerprint density at radius 3 is 2.05 bits per heavy atom. The molecule has 0 saturated carbocycles. The maximum Gasteiger partial charge on any atom is 0.430 e. The van der Waals surface area contributed by atoms with Crippen LogP contribution in [0.2, 0.25) is 0 Å². The van der Waals surface area contributed by atoms with E-state index in [1.165, 1.54) is 12.1 Å². The molecule has 192 valence electrons. The quantitative estimate of drug-likeness (QED) is 0.382. The van der Waals surface area contributed by atoms with Crippen LogP contribution in [0, 0.1) is 0 Å². The molecule has 1 aliphatic heterocycles. The van der Waals surface area contributed by atoms with Crippen LogP contribution in [0.1, 0.15) is 17.0 Å². The van der Waals surface area contributed by atoms with Gasteiger partial charge in [0.25, 0.3) is 11.2 Å². The Bertz CT molecular complexity index is 1520. The van der Waals surface area contributed by atoms with Crippen molar-refractivity contribution in [3.63, 3.8) is 0 Å². The van der Waals surface area contributed by atoms with Crippen LogP contribution in [0.15, 0.2) is 71.5 Å². The minimum Gasteiger partial charge on any atom is -0.454 e. The van der Waals surface area contributed by atoms with Gasteiger partial charge in [0.2, 0.25) is 6.79 Å². The van der Waals surface area contributed by atoms with Gasteiger partial charge in [-0.2, -0.15) is 26.3 Å². The molecule has 0 unspecified atom stereocenters. The zero-order chi connectivity index (χ0) is 26.6. The summed E-state index contributed by atoms with van der Waals surface area (Å²) < 4.78 is 91.6. The highest BCUT2D eigenvalue weighted by Crippen LogP contribution is 2.50. The molecule has 6 nitrogen and oxygen atoms in total. The third-order valence-corrected chi connectivity index (χ3v) is 6.00. The lowest BCUT2D eigenvalue weighted by atomic mass is 9.92. The fourth-order valence-corrected chi connectivity index (χ4v) is 4.12. The molecule has 12 heteroatoms. The summed E-state index contributed by atoms with van der Waals surface area (Å²) >= 11 is 0. The summed E-state index contributed by atoms with van der Waals surface area (Å²) in [5.41, 5.74) is -6.16. The number of hydrogen-bond donors (Lipinski definition) is 1. The molecular formula is C25H16F6N2O4. The number of hydrogen-bond acceptors (Lipinski definition) is 5. The highest BCUT2D eigenvalue weighted by Gasteiger charge is 2.71. The molecule has 2 heterocycles. The fourth-order valence-electron chi connectivity index (χ4n) is 4.12. The number of rotatable bonds is 4. The third kappa shape index (κ3) is 4.06. The van der Waals surface area contributed by atoms with Crippen molar-refractivity contribution in [2.24, 2.45) is 0 Å². The van der Waals surface area contributed by atoms with Gasteiger partial charge in [-0.05, 0) is 23.8 Å². The molecule has 5 rings (SSSR count). The number of alkyl halides is 6. The average Bonchev–Trinajstić information content (AvgIpc) is 3.30. The molecule has 0 atom stereocenters. The summed E-state index contributed by atoms with van der Waals surface area (Å²) in [4.78, 5) is 18.1. The number of halogens is 6. The topological polar surface area (TPSA) is 73.6 Å². The van der Waals surface area contributed by atoms with Gasteiger partial charge in [-0.15, -0.1) is 0 Å². The van der Waals surface area contributed by atoms with Crippen molar-refractivity contribution in [3.05, 3.63) is 94.0 Å². The van der Waals surface area contributed by atoms with Crippen molar-refractivity contribution in [1.29, 1.82) is 0 Å². The lowest BCUT2D eigenvalue weighted by Crippen LogP contribution is -2.53. The predicted octanol–water partition coefficient (Wildman–Crippen LogP) is 5.02. The van der Waals surface area contributed by atoms with E-state index in [4.69, 9.17) is 9.47 Å². The van der Waals surface area contributed by atoms with Gasteiger partial charge in [-0.1, -0.05) is 42.5 Å². The minimum atomic E-state index is -6.03. The maximum atomic E-state index is 13.6. The monoisotopic (exact) mass is 522 g/mol. The third-order valence-electron chi connectivity index (χ3n) is 6.00. The van der Waals surface area contributed by atoms with Gasteiger partial charge in [0.15, 0.2) is 11.5 Å². The SMILES string of the molecule is O=c1c2cc3c(cc2nc(Cc2ccccc2)n1-c1ccc(C(O)(C(F)(F)F)C(F)(F)F)cc1)OCO3. The summed E-state index contributed by atoms with van der Waals surface area (Å²) in [5, 5.41) is 9.80. The number of nitrogens with zero attached hydrogens (tertiary/aromatic N) is 2. The van der Waals surface area contributed by atoms with Gasteiger partial charge in [0, 0.05) is 18.1 Å². The van der Waals surface area contributed by atoms with Gasteiger partial charge < -0.3 is 14.6 Å². The second-order valence-electron chi connectivity index (χ2n) is 8.31. The summed E-state index contributed by atoms with van der Waals surface area (Å²) in [5.74, 6) is 0.854. The first kappa shape index (κ1) is 24.6. The molecule has 3 aromatic carbocycles. The van der Waals surface area contributed by atoms with E-state index >= 15 is 0 Å². The first-order valence-electron chi connectivity index (χ1n) is 10.8. The molecule has 4 aromatic rings. The van der Waals surface area contributed by atoms with E-state index in [-0.39, 0.29) is 35.6 Å². The number of fused-ring (bicyclic) bond motifs is 2. The summed E-state index contributed by atoms with van der Waals surface area (Å²) in [6.07, 6.45) is -11.9. The van der Waals surface area contributed by atoms with Crippen LogP contribution < -0.4 is 15.0 Å². The number of aromatic nitrogens is 2. The van der Waals surface area contributed by atoms with Crippen LogP contribution in [-0.4, -0.2) is 33.8 Å². The molecule has 0 saturated heterocycles. The van der Waals surface area contributed by atoms with Crippen molar-refractivity contribution < 1.29 is 40.9 Å². The molecule has 0 amide bonds. The standard InChI is InChI=1S/C25H16F6N2O4/c26-24(27,28)23(35,25(29,30)31)15-6-8-16(9-7-15)33-21(10-14-4-2-1-3-5-14)32-18-12-20-19(36-13-37-20)11-17(18)22(33)34/h1-9,11-12,35H,10,13H2. The fraction of sp³-hybridized carbons (Fsp3) is 0.200. The van der Waals surface area contributed by atoms with E-state index in [9.17, 15) is 36.2 Å². The maximum absolute atomic E-state index is 13.6. The van der Waals surface area contributed by atoms with E-state index in [0.29, 0.717) is 23.6 Å². The van der Waals surface area contributed by atoms with Crippen molar-refractivity contribution in [2.45, 2.75) is 24.4 Å². The van der Waals surface area contributed by atoms with E-state index in [1.54, 1.807) is 30.3 Å². The highest BCUT2D eigenvalue weighted by molar-refractivity contribution is 5.82. The van der Waals surface area contributed by atoms with Gasteiger partial charge in [0.05, 0.1) is 16.6 Å². The van der Waals surface area contributed by atoms with Crippen molar-refractivity contribution >= 4 is 10.9 Å². The first-order valence-corrected chi connectivity index (χ1v) is 10.8. The first-order chi connectivity index (χ1) is 17.4. The van der Waals surface area contributed by atoms with Crippen molar-refractivity contribution in [2.75, 3.05) is 6.79 Å². The van der Waals surface area contributed by atoms with Crippen LogP contribution in [0.4, 0.5) is 26.3 Å². The van der Waals surface area contributed by atoms with Crippen LogP contribution in [0.3, 0.4) is 0 Å². The Morgan fingerprint density at radius 1 is 0.865 bits per heavy atom. The molecule has 0 radical (unpaired) electrons. The Morgan fingerprint density at radius 2 is 1.46 bits per heavy atom. The van der Waals surface area contributed by atoms with Gasteiger partial charge in [0.1, 0.15) is 5.82 Å². The van der Waals surface area contributed by atoms with Crippen LogP contribution in [-0.2, 0) is 12.0 Å². The Hall–Kier alpha value is -4.06. The van der Waals surface area contributed by atoms with Gasteiger partial charge in [-0.25, -0.2) is 4.98 Å². The molecule has 0 bridgehead atoms. The molecule has 1 N–H and O–H groups in total. The molecule has 1 aliphatic rings. The zero-order valence-corrected chi connectivity index (χ0v) is 18.6. The van der Waals surface area contributed by atoms with Crippen LogP contribution >= 0.6 is 0 Å². The normalized spacial score (nSPS) is 13.8. The minimum absolute atomic E-state index is 0.0431. The lowest BCUT2D eigenvalue weighted by molar-refractivity contribution is -0.376. The van der Waals surface area contributed by atoms with Crippen molar-refractivity contribution in [1.82, 2.24) is 9.55 Å². The van der Waals surface area contributed by atoms with E-state index < -0.39 is 29.1 Å². The average molecular weight is 522 g/mol. The Kier molecular flexibility index (Phi) is 5.66. The van der Waals surface area contributed by atoms with E-state index in [2.05, 4.69) is 4.98 Å². The van der Waals surface area contributed by atoms with Crippen molar-refractivity contribution in [3.8, 4) is 17.2 Å². The van der Waals surface area contributed by atoms with Gasteiger partial charge in [-0.3, -0.25) is 9.36 Å². The van der Waals surface area contributed by atoms with E-state index in [0.717, 1.165) is 22.3 Å².